The normalized spacial score (nSPS) is 12.2. The minimum Gasteiger partial charge on any atom is -0.462 e. The number of ether oxygens (including phenoxy) is 3. The second-order valence-corrected chi connectivity index (χ2v) is 24.1. The number of esters is 3. The Hall–Kier alpha value is -2.37. The molecule has 0 aromatic heterocycles. The van der Waals surface area contributed by atoms with Crippen molar-refractivity contribution in [2.75, 3.05) is 13.2 Å². The minimum atomic E-state index is -0.776. The van der Waals surface area contributed by atoms with E-state index in [9.17, 15) is 14.4 Å². The van der Waals surface area contributed by atoms with Gasteiger partial charge in [-0.3, -0.25) is 14.4 Å². The third kappa shape index (κ3) is 66.3. The quantitative estimate of drug-likeness (QED) is 0.0261. The topological polar surface area (TPSA) is 78.9 Å². The van der Waals surface area contributed by atoms with Crippen molar-refractivity contribution < 1.29 is 28.6 Å². The number of rotatable bonds is 66. The Kier molecular flexibility index (Phi) is 66.1. The highest BCUT2D eigenvalue weighted by Crippen LogP contribution is 2.19. The molecule has 1 atom stereocenters. The Morgan fingerprint density at radius 1 is 0.253 bits per heavy atom. The Morgan fingerprint density at radius 2 is 0.481 bits per heavy atom. The average Bonchev–Trinajstić information content (AvgIpc) is 3.45. The van der Waals surface area contributed by atoms with Crippen molar-refractivity contribution in [1.29, 1.82) is 0 Å². The monoisotopic (exact) mass is 1110 g/mol. The van der Waals surface area contributed by atoms with Crippen molar-refractivity contribution in [1.82, 2.24) is 0 Å². The molecule has 0 fully saturated rings. The first-order valence-electron chi connectivity index (χ1n) is 35.5. The molecule has 6 heteroatoms. The number of allylic oxidation sites excluding steroid dienone is 6. The molecular formula is C73H136O6. The van der Waals surface area contributed by atoms with E-state index in [0.29, 0.717) is 19.3 Å². The van der Waals surface area contributed by atoms with Crippen LogP contribution < -0.4 is 0 Å². The molecule has 0 radical (unpaired) electrons. The molecular weight excluding hydrogens is 973 g/mol. The molecule has 0 saturated carbocycles. The number of hydrogen-bond donors (Lipinski definition) is 0. The average molecular weight is 1110 g/mol. The lowest BCUT2D eigenvalue weighted by molar-refractivity contribution is -0.167. The van der Waals surface area contributed by atoms with Crippen LogP contribution in [0.5, 0.6) is 0 Å². The first-order valence-corrected chi connectivity index (χ1v) is 35.5. The fraction of sp³-hybridized carbons (Fsp3) is 0.877. The van der Waals surface area contributed by atoms with Crippen LogP contribution in [-0.2, 0) is 28.6 Å². The maximum absolute atomic E-state index is 12.9. The van der Waals surface area contributed by atoms with Crippen LogP contribution in [0.3, 0.4) is 0 Å². The van der Waals surface area contributed by atoms with Gasteiger partial charge in [-0.1, -0.05) is 340 Å². The number of carbonyl (C=O) groups is 3. The fourth-order valence-corrected chi connectivity index (χ4v) is 10.8. The molecule has 0 aliphatic rings. The lowest BCUT2D eigenvalue weighted by Gasteiger charge is -2.18. The Labute approximate surface area is 493 Å². The molecule has 0 amide bonds. The predicted molar refractivity (Wildman–Crippen MR) is 344 cm³/mol. The Morgan fingerprint density at radius 3 is 0.759 bits per heavy atom. The van der Waals surface area contributed by atoms with E-state index in [1.807, 2.05) is 0 Å². The molecule has 464 valence electrons. The highest BCUT2D eigenvalue weighted by Gasteiger charge is 2.19. The van der Waals surface area contributed by atoms with E-state index in [4.69, 9.17) is 14.2 Å². The van der Waals surface area contributed by atoms with Gasteiger partial charge in [0, 0.05) is 19.3 Å². The summed E-state index contributed by atoms with van der Waals surface area (Å²) in [6.07, 6.45) is 84.8. The molecule has 1 unspecified atom stereocenters. The van der Waals surface area contributed by atoms with Gasteiger partial charge in [-0.15, -0.1) is 0 Å². The van der Waals surface area contributed by atoms with Crippen LogP contribution in [0.4, 0.5) is 0 Å². The third-order valence-corrected chi connectivity index (χ3v) is 16.1. The van der Waals surface area contributed by atoms with Crippen LogP contribution >= 0.6 is 0 Å². The molecule has 0 aromatic carbocycles. The first kappa shape index (κ1) is 76.6. The van der Waals surface area contributed by atoms with Crippen LogP contribution in [0.15, 0.2) is 36.5 Å². The van der Waals surface area contributed by atoms with Crippen molar-refractivity contribution in [3.63, 3.8) is 0 Å². The van der Waals surface area contributed by atoms with Crippen LogP contribution in [0, 0.1) is 0 Å². The van der Waals surface area contributed by atoms with Crippen molar-refractivity contribution in [2.24, 2.45) is 0 Å². The summed E-state index contributed by atoms with van der Waals surface area (Å²) in [6.45, 7) is 6.63. The zero-order valence-electron chi connectivity index (χ0n) is 53.4. The molecule has 79 heavy (non-hydrogen) atoms. The molecule has 0 spiro atoms. The van der Waals surface area contributed by atoms with Gasteiger partial charge >= 0.3 is 17.9 Å². The summed E-state index contributed by atoms with van der Waals surface area (Å²) in [5.41, 5.74) is 0. The summed E-state index contributed by atoms with van der Waals surface area (Å²) in [5.74, 6) is -0.863. The number of carbonyl (C=O) groups excluding carboxylic acids is 3. The van der Waals surface area contributed by atoms with Gasteiger partial charge in [0.25, 0.3) is 0 Å². The second kappa shape index (κ2) is 68.1. The van der Waals surface area contributed by atoms with Gasteiger partial charge < -0.3 is 14.2 Å². The Bertz CT molecular complexity index is 1320. The molecule has 0 aromatic rings. The lowest BCUT2D eigenvalue weighted by atomic mass is 10.0. The fourth-order valence-electron chi connectivity index (χ4n) is 10.8. The van der Waals surface area contributed by atoms with Crippen molar-refractivity contribution in [2.45, 2.75) is 399 Å². The van der Waals surface area contributed by atoms with Gasteiger partial charge in [-0.2, -0.15) is 0 Å². The molecule has 0 saturated heterocycles. The maximum atomic E-state index is 12.9. The van der Waals surface area contributed by atoms with E-state index in [1.165, 1.54) is 276 Å². The van der Waals surface area contributed by atoms with Gasteiger partial charge in [0.2, 0.25) is 0 Å². The zero-order valence-corrected chi connectivity index (χ0v) is 53.4. The standard InChI is InChI=1S/C73H136O6/c1-4-7-10-13-16-19-22-24-26-28-30-32-33-34-35-36-37-38-39-40-42-43-45-47-49-51-54-57-60-63-66-72(75)78-69-70(68-77-71(74)65-62-59-56-53-21-18-15-12-9-6-3)79-73(76)67-64-61-58-55-52-50-48-46-44-41-31-29-27-25-23-20-17-14-11-8-5-2/h12,15,23,25,29,31,70H,4-11,13-14,16-22,24,26-28,30,32-69H2,1-3H3/b15-12-,25-23-,31-29-. The van der Waals surface area contributed by atoms with Crippen LogP contribution in [0.2, 0.25) is 0 Å². The molecule has 0 bridgehead atoms. The summed E-state index contributed by atoms with van der Waals surface area (Å²) in [4.78, 5) is 38.3. The summed E-state index contributed by atoms with van der Waals surface area (Å²) in [5, 5.41) is 0. The van der Waals surface area contributed by atoms with Crippen molar-refractivity contribution in [3.05, 3.63) is 36.5 Å². The van der Waals surface area contributed by atoms with E-state index in [2.05, 4.69) is 57.2 Å². The van der Waals surface area contributed by atoms with E-state index in [-0.39, 0.29) is 31.1 Å². The van der Waals surface area contributed by atoms with E-state index in [0.717, 1.165) is 77.0 Å². The molecule has 0 N–H and O–H groups in total. The first-order chi connectivity index (χ1) is 39.0. The summed E-state index contributed by atoms with van der Waals surface area (Å²) in [6, 6.07) is 0. The van der Waals surface area contributed by atoms with Gasteiger partial charge in [0.05, 0.1) is 0 Å². The summed E-state index contributed by atoms with van der Waals surface area (Å²) < 4.78 is 16.9. The van der Waals surface area contributed by atoms with Crippen molar-refractivity contribution in [3.8, 4) is 0 Å². The molecule has 0 aliphatic carbocycles. The van der Waals surface area contributed by atoms with E-state index in [1.54, 1.807) is 0 Å². The lowest BCUT2D eigenvalue weighted by Crippen LogP contribution is -2.30. The van der Waals surface area contributed by atoms with E-state index >= 15 is 0 Å². The van der Waals surface area contributed by atoms with Gasteiger partial charge in [-0.25, -0.2) is 0 Å². The third-order valence-electron chi connectivity index (χ3n) is 16.1. The smallest absolute Gasteiger partial charge is 0.306 e. The zero-order chi connectivity index (χ0) is 57.1. The summed E-state index contributed by atoms with van der Waals surface area (Å²) >= 11 is 0. The molecule has 0 rings (SSSR count). The highest BCUT2D eigenvalue weighted by molar-refractivity contribution is 5.71. The summed E-state index contributed by atoms with van der Waals surface area (Å²) in [7, 11) is 0. The number of hydrogen-bond acceptors (Lipinski definition) is 6. The van der Waals surface area contributed by atoms with Crippen LogP contribution in [0.1, 0.15) is 393 Å². The second-order valence-electron chi connectivity index (χ2n) is 24.1. The van der Waals surface area contributed by atoms with Crippen molar-refractivity contribution >= 4 is 17.9 Å². The molecule has 0 aliphatic heterocycles. The van der Waals surface area contributed by atoms with Crippen LogP contribution in [-0.4, -0.2) is 37.2 Å². The maximum Gasteiger partial charge on any atom is 0.306 e. The van der Waals surface area contributed by atoms with Gasteiger partial charge in [-0.05, 0) is 70.6 Å². The van der Waals surface area contributed by atoms with Gasteiger partial charge in [0.15, 0.2) is 6.10 Å². The predicted octanol–water partition coefficient (Wildman–Crippen LogP) is 24.3. The number of unbranched alkanes of at least 4 members (excludes halogenated alkanes) is 49. The van der Waals surface area contributed by atoms with Gasteiger partial charge in [0.1, 0.15) is 13.2 Å². The van der Waals surface area contributed by atoms with E-state index < -0.39 is 6.10 Å². The largest absolute Gasteiger partial charge is 0.462 e. The SMILES string of the molecule is CCC/C=C\CCCCCCCC(=O)OCC(COC(=O)CCCCCCCCCCCCCCCCCCCCCCCCCCCCCCCC)OC(=O)CCCCCCCCCCC/C=C\C/C=C\CCCCCCC. The minimum absolute atomic E-state index is 0.0723. The molecule has 6 nitrogen and oxygen atoms in total. The Balaban J connectivity index is 4.10. The molecule has 0 heterocycles. The highest BCUT2D eigenvalue weighted by atomic mass is 16.6. The van der Waals surface area contributed by atoms with Crippen LogP contribution in [0.25, 0.3) is 0 Å².